The molecule has 184 valence electrons. The average molecular weight is 494 g/mol. The van der Waals surface area contributed by atoms with Gasteiger partial charge in [-0.2, -0.15) is 10.1 Å². The summed E-state index contributed by atoms with van der Waals surface area (Å²) in [6.07, 6.45) is 0. The van der Waals surface area contributed by atoms with E-state index in [2.05, 4.69) is 25.9 Å². The summed E-state index contributed by atoms with van der Waals surface area (Å²) >= 11 is 0. The van der Waals surface area contributed by atoms with Gasteiger partial charge in [0.1, 0.15) is 17.5 Å². The number of nitrogens with zero attached hydrogens (tertiary/aromatic N) is 4. The molecule has 3 aromatic carbocycles. The number of rotatable bonds is 5. The molecule has 0 bridgehead atoms. The summed E-state index contributed by atoms with van der Waals surface area (Å²) in [5.41, 5.74) is 10.0. The number of benzene rings is 3. The molecule has 2 aliphatic rings. The van der Waals surface area contributed by atoms with E-state index in [1.807, 2.05) is 26.0 Å². The van der Waals surface area contributed by atoms with Crippen LogP contribution in [0.1, 0.15) is 16.7 Å². The number of aryl methyl sites for hydroxylation is 2. The Morgan fingerprint density at radius 3 is 2.49 bits per heavy atom. The van der Waals surface area contributed by atoms with Crippen LogP contribution < -0.4 is 21.4 Å². The van der Waals surface area contributed by atoms with E-state index in [9.17, 15) is 14.4 Å². The van der Waals surface area contributed by atoms with Crippen LogP contribution in [0, 0.1) is 19.8 Å². The summed E-state index contributed by atoms with van der Waals surface area (Å²) in [5.74, 6) is -3.13. The third-order valence-electron chi connectivity index (χ3n) is 6.14. The number of nitrogens with two attached hydrogens (primary N) is 1. The van der Waals surface area contributed by atoms with Crippen LogP contribution >= 0.6 is 0 Å². The molecule has 4 N–H and O–H groups in total. The first-order valence-corrected chi connectivity index (χ1v) is 11.5. The van der Waals surface area contributed by atoms with E-state index in [0.717, 1.165) is 16.1 Å². The van der Waals surface area contributed by atoms with Crippen LogP contribution in [0.2, 0.25) is 0 Å². The number of para-hydroxylation sites is 2. The fourth-order valence-electron chi connectivity index (χ4n) is 4.04. The molecule has 0 spiro atoms. The van der Waals surface area contributed by atoms with E-state index in [1.54, 1.807) is 60.7 Å². The average Bonchev–Trinajstić information content (AvgIpc) is 3.37. The van der Waals surface area contributed by atoms with Crippen LogP contribution in [0.4, 0.5) is 17.1 Å². The van der Waals surface area contributed by atoms with Crippen LogP contribution in [0.3, 0.4) is 0 Å². The van der Waals surface area contributed by atoms with Crippen molar-refractivity contribution in [3.05, 3.63) is 89.5 Å². The standard InChI is InChI=1S/C27H23N7O3/c1-15-12-13-17(14-16(15)2)29-26(36)23(32-31-22-19-10-6-7-11-20(19)30-25(22)35)21-24(28)33-34(27(21)37)18-8-4-3-5-9-18/h3-14,21H,1-2H3,(H2,28,33)(H,29,36)(H,30,31,35)/b32-23-/t21-/m1/s1. The van der Waals surface area contributed by atoms with Crippen LogP contribution in [0.5, 0.6) is 0 Å². The number of carbonyl (C=O) groups excluding carboxylic acids is 3. The zero-order valence-electron chi connectivity index (χ0n) is 20.1. The zero-order valence-corrected chi connectivity index (χ0v) is 20.1. The normalized spacial score (nSPS) is 18.1. The highest BCUT2D eigenvalue weighted by molar-refractivity contribution is 6.55. The molecule has 0 fully saturated rings. The summed E-state index contributed by atoms with van der Waals surface area (Å²) in [5, 5.41) is 19.0. The van der Waals surface area contributed by atoms with Crippen molar-refractivity contribution in [1.82, 2.24) is 0 Å². The minimum atomic E-state index is -1.30. The van der Waals surface area contributed by atoms with Gasteiger partial charge in [0.25, 0.3) is 17.7 Å². The predicted octanol–water partition coefficient (Wildman–Crippen LogP) is 2.97. The smallest absolute Gasteiger partial charge is 0.276 e. The monoisotopic (exact) mass is 493 g/mol. The van der Waals surface area contributed by atoms with Crippen molar-refractivity contribution in [3.8, 4) is 0 Å². The quantitative estimate of drug-likeness (QED) is 0.371. The van der Waals surface area contributed by atoms with Crippen molar-refractivity contribution >= 4 is 52.0 Å². The number of amidine groups is 1. The molecule has 3 amide bonds. The number of amides is 3. The number of carbonyl (C=O) groups is 3. The molecule has 3 aromatic rings. The molecule has 10 heteroatoms. The first-order chi connectivity index (χ1) is 17.8. The SMILES string of the molecule is Cc1ccc(NC(=O)/C(=N\N=C2C(=O)Nc3ccccc32)[C@H]2C(=O)N(c3ccccc3)N=C2N)cc1C. The van der Waals surface area contributed by atoms with Crippen LogP contribution in [0.25, 0.3) is 0 Å². The van der Waals surface area contributed by atoms with Gasteiger partial charge >= 0.3 is 0 Å². The van der Waals surface area contributed by atoms with Crippen molar-refractivity contribution < 1.29 is 14.4 Å². The van der Waals surface area contributed by atoms with Gasteiger partial charge < -0.3 is 16.4 Å². The van der Waals surface area contributed by atoms with Crippen LogP contribution in [0.15, 0.2) is 88.1 Å². The highest BCUT2D eigenvalue weighted by Gasteiger charge is 2.42. The summed E-state index contributed by atoms with van der Waals surface area (Å²) in [4.78, 5) is 39.4. The first kappa shape index (κ1) is 23.6. The Kier molecular flexibility index (Phi) is 6.06. The second-order valence-electron chi connectivity index (χ2n) is 8.63. The molecule has 5 rings (SSSR count). The van der Waals surface area contributed by atoms with Gasteiger partial charge in [0.2, 0.25) is 0 Å². The summed E-state index contributed by atoms with van der Waals surface area (Å²) in [7, 11) is 0. The molecule has 0 saturated heterocycles. The van der Waals surface area contributed by atoms with Gasteiger partial charge in [-0.05, 0) is 55.3 Å². The molecule has 37 heavy (non-hydrogen) atoms. The predicted molar refractivity (Wildman–Crippen MR) is 143 cm³/mol. The van der Waals surface area contributed by atoms with Gasteiger partial charge in [-0.3, -0.25) is 14.4 Å². The van der Waals surface area contributed by atoms with E-state index in [1.165, 1.54) is 0 Å². The number of hydrogen-bond donors (Lipinski definition) is 3. The molecule has 0 saturated carbocycles. The molecule has 0 aliphatic carbocycles. The molecule has 1 atom stereocenters. The largest absolute Gasteiger partial charge is 0.385 e. The fraction of sp³-hybridized carbons (Fsp3) is 0.111. The summed E-state index contributed by atoms with van der Waals surface area (Å²) in [6, 6.07) is 21.1. The van der Waals surface area contributed by atoms with Crippen molar-refractivity contribution in [1.29, 1.82) is 0 Å². The number of nitrogens with one attached hydrogen (secondary N) is 2. The highest BCUT2D eigenvalue weighted by atomic mass is 16.2. The molecule has 0 radical (unpaired) electrons. The van der Waals surface area contributed by atoms with Gasteiger partial charge in [-0.1, -0.05) is 42.5 Å². The minimum Gasteiger partial charge on any atom is -0.385 e. The second kappa shape index (κ2) is 9.50. The maximum Gasteiger partial charge on any atom is 0.276 e. The van der Waals surface area contributed by atoms with E-state index in [0.29, 0.717) is 22.6 Å². The lowest BCUT2D eigenvalue weighted by atomic mass is 10.0. The van der Waals surface area contributed by atoms with Crippen molar-refractivity contribution in [2.75, 3.05) is 15.6 Å². The Hall–Kier alpha value is -5.12. The topological polar surface area (TPSA) is 142 Å². The molecule has 10 nitrogen and oxygen atoms in total. The molecule has 0 aromatic heterocycles. The third kappa shape index (κ3) is 4.47. The number of hydrogen-bond acceptors (Lipinski definition) is 7. The van der Waals surface area contributed by atoms with Crippen LogP contribution in [-0.4, -0.2) is 35.0 Å². The van der Waals surface area contributed by atoms with Gasteiger partial charge in [-0.15, -0.1) is 10.2 Å². The van der Waals surface area contributed by atoms with Gasteiger partial charge in [-0.25, -0.2) is 0 Å². The number of fused-ring (bicyclic) bond motifs is 1. The molecular weight excluding hydrogens is 470 g/mol. The Balaban J connectivity index is 1.55. The van der Waals surface area contributed by atoms with Crippen molar-refractivity contribution in [2.45, 2.75) is 13.8 Å². The molecular formula is C27H23N7O3. The zero-order chi connectivity index (χ0) is 26.1. The lowest BCUT2D eigenvalue weighted by molar-refractivity contribution is -0.119. The number of hydrazone groups is 1. The second-order valence-corrected chi connectivity index (χ2v) is 8.63. The third-order valence-corrected chi connectivity index (χ3v) is 6.14. The van der Waals surface area contributed by atoms with E-state index in [4.69, 9.17) is 5.73 Å². The first-order valence-electron chi connectivity index (χ1n) is 11.5. The van der Waals surface area contributed by atoms with Gasteiger partial charge in [0, 0.05) is 11.3 Å². The minimum absolute atomic E-state index is 0.0213. The molecule has 0 unspecified atom stereocenters. The van der Waals surface area contributed by atoms with E-state index in [-0.39, 0.29) is 17.3 Å². The Morgan fingerprint density at radius 2 is 1.73 bits per heavy atom. The van der Waals surface area contributed by atoms with Gasteiger partial charge in [0.05, 0.1) is 11.4 Å². The van der Waals surface area contributed by atoms with Crippen molar-refractivity contribution in [2.24, 2.45) is 27.0 Å². The Labute approximate surface area is 212 Å². The summed E-state index contributed by atoms with van der Waals surface area (Å²) < 4.78 is 0. The molecule has 2 heterocycles. The summed E-state index contributed by atoms with van der Waals surface area (Å²) in [6.45, 7) is 3.88. The van der Waals surface area contributed by atoms with Gasteiger partial charge in [0.15, 0.2) is 5.71 Å². The highest BCUT2D eigenvalue weighted by Crippen LogP contribution is 2.26. The Morgan fingerprint density at radius 1 is 1.00 bits per heavy atom. The molecule has 2 aliphatic heterocycles. The fourth-order valence-corrected chi connectivity index (χ4v) is 4.04. The van der Waals surface area contributed by atoms with Crippen molar-refractivity contribution in [3.63, 3.8) is 0 Å². The lowest BCUT2D eigenvalue weighted by Crippen LogP contribution is -2.41. The van der Waals surface area contributed by atoms with Crippen LogP contribution in [-0.2, 0) is 14.4 Å². The Bertz CT molecular complexity index is 1530. The lowest BCUT2D eigenvalue weighted by Gasteiger charge is -2.15. The maximum absolute atomic E-state index is 13.5. The maximum atomic E-state index is 13.5. The number of anilines is 3. The van der Waals surface area contributed by atoms with E-state index >= 15 is 0 Å². The van der Waals surface area contributed by atoms with E-state index < -0.39 is 23.6 Å².